The molecule has 13 amide bonds. The van der Waals surface area contributed by atoms with Crippen LogP contribution >= 0.6 is 0 Å². The third kappa shape index (κ3) is 22.3. The number of hydrogen-bond acceptors (Lipinski definition) is 17. The van der Waals surface area contributed by atoms with Crippen molar-refractivity contribution in [2.75, 3.05) is 68.8 Å². The van der Waals surface area contributed by atoms with Crippen LogP contribution in [0.1, 0.15) is 92.4 Å². The molecule has 34 nitrogen and oxygen atoms in total. The summed E-state index contributed by atoms with van der Waals surface area (Å²) in [7, 11) is 3.87. The molecule has 22 N–H and O–H groups in total. The molecule has 0 saturated carbocycles. The average Bonchev–Trinajstić information content (AvgIpc) is 1.87. The number of aromatic nitrogens is 1. The van der Waals surface area contributed by atoms with Gasteiger partial charge in [-0.2, -0.15) is 0 Å². The number of aromatic amines is 1. The molecule has 1 heterocycles. The number of fused-ring (bicyclic) bond motifs is 1. The first kappa shape index (κ1) is 74.4. The highest BCUT2D eigenvalue weighted by molar-refractivity contribution is 6.08. The summed E-state index contributed by atoms with van der Waals surface area (Å²) in [5.74, 6) is -9.33. The summed E-state index contributed by atoms with van der Waals surface area (Å²) in [4.78, 5) is 162. The predicted molar refractivity (Wildman–Crippen MR) is 358 cm³/mol. The number of carbonyl (C=O) groups excluding carboxylic acids is 11. The smallest absolute Gasteiger partial charge is 0.341 e. The number of methoxy groups -OCH3 is 3. The minimum Gasteiger partial charge on any atom is -0.496 e. The highest BCUT2D eigenvalue weighted by Gasteiger charge is 2.30. The molecule has 520 valence electrons. The fourth-order valence-corrected chi connectivity index (χ4v) is 9.89. The Morgan fingerprint density at radius 1 is 0.490 bits per heavy atom. The van der Waals surface area contributed by atoms with E-state index in [4.69, 9.17) is 47.3 Å². The lowest BCUT2D eigenvalue weighted by atomic mass is 10.0. The van der Waals surface area contributed by atoms with Crippen LogP contribution in [0.3, 0.4) is 0 Å². The molecule has 0 aliphatic rings. The number of nitrogens with one attached hydrogen (secondary N) is 13. The van der Waals surface area contributed by atoms with Crippen molar-refractivity contribution in [1.29, 1.82) is 5.41 Å². The predicted octanol–water partition coefficient (Wildman–Crippen LogP) is 1.81. The van der Waals surface area contributed by atoms with Crippen molar-refractivity contribution in [1.82, 2.24) is 42.2 Å². The van der Waals surface area contributed by atoms with Crippen LogP contribution in [0.2, 0.25) is 0 Å². The molecule has 0 saturated heterocycles. The van der Waals surface area contributed by atoms with Crippen LogP contribution in [-0.2, 0) is 35.2 Å². The van der Waals surface area contributed by atoms with E-state index in [0.29, 0.717) is 5.56 Å². The van der Waals surface area contributed by atoms with Gasteiger partial charge in [-0.1, -0.05) is 18.2 Å². The van der Waals surface area contributed by atoms with Gasteiger partial charge in [0.15, 0.2) is 12.6 Å². The van der Waals surface area contributed by atoms with Gasteiger partial charge in [-0.05, 0) is 123 Å². The van der Waals surface area contributed by atoms with Crippen molar-refractivity contribution >= 4 is 111 Å². The summed E-state index contributed by atoms with van der Waals surface area (Å²) < 4.78 is 21.8. The fraction of sp³-hybridized carbons (Fsp3) is 0.297. The van der Waals surface area contributed by atoms with E-state index >= 15 is 0 Å². The van der Waals surface area contributed by atoms with Crippen molar-refractivity contribution in [3.63, 3.8) is 0 Å². The Balaban J connectivity index is 1.24. The molecule has 6 rings (SSSR count). The highest BCUT2D eigenvalue weighted by Crippen LogP contribution is 2.29. The lowest BCUT2D eigenvalue weighted by Crippen LogP contribution is -2.46. The van der Waals surface area contributed by atoms with Gasteiger partial charge in [0.05, 0.1) is 43.6 Å². The quantitative estimate of drug-likeness (QED) is 0.0151. The van der Waals surface area contributed by atoms with Gasteiger partial charge in [0.1, 0.15) is 47.2 Å². The number of primary amides is 3. The molecule has 4 unspecified atom stereocenters. The maximum Gasteiger partial charge on any atom is 0.341 e. The Morgan fingerprint density at radius 3 is 1.22 bits per heavy atom. The molecule has 34 heteroatoms. The minimum absolute atomic E-state index is 0.00800. The van der Waals surface area contributed by atoms with Crippen molar-refractivity contribution < 1.29 is 81.6 Å². The first-order valence-electron chi connectivity index (χ1n) is 30.2. The van der Waals surface area contributed by atoms with Crippen LogP contribution < -0.4 is 100 Å². The van der Waals surface area contributed by atoms with E-state index in [1.807, 2.05) is 24.3 Å². The van der Waals surface area contributed by atoms with Crippen LogP contribution in [0, 0.1) is 5.41 Å². The first-order chi connectivity index (χ1) is 46.8. The second kappa shape index (κ2) is 36.1. The Labute approximate surface area is 560 Å². The Hall–Kier alpha value is -12.7. The van der Waals surface area contributed by atoms with E-state index in [2.05, 4.69) is 63.5 Å². The molecular formula is C64H77N17O17. The van der Waals surface area contributed by atoms with E-state index in [0.717, 1.165) is 23.0 Å². The summed E-state index contributed by atoms with van der Waals surface area (Å²) in [5.41, 5.74) is 22.6. The summed E-state index contributed by atoms with van der Waals surface area (Å²) in [6.07, 6.45) is 1.62. The van der Waals surface area contributed by atoms with Gasteiger partial charge in [0.2, 0.25) is 29.5 Å². The standard InChI is InChI=1S/C64H77N17O17/c1-33(82)74-35-15-19-49(95-2)40(27-35)55(86)78-45(12-7-23-70-62(66)67)59(90)75-36-16-20-50(96-3)41(28-36)56(87)79-46(13-8-24-71-63(68)93)60(91)77-38-18-22-52(98-32-53(83)84)43(30-38)58(89)80-47(14-9-25-72-64(69)94)61(92)76-37-17-21-51(97-4)42(29-37)57(88)81-48(54(65)85)26-34-31-73-44-11-6-5-10-39(34)44/h5-6,10-11,15-22,27-31,45-48,73H,7-9,12-14,23-26,32H2,1-4H3,(H2,65,85)(H,74,82)(H,75,90)(H,76,92)(H,77,91)(H,78,86)(H,79,87)(H,80,89)(H,81,88)(H,83,84)(H4,66,67,70)(H3,68,71,93)(H3,69,72,94). The van der Waals surface area contributed by atoms with Crippen molar-refractivity contribution in [3.8, 4) is 23.0 Å². The molecular weight excluding hydrogens is 1280 g/mol. The number of H-pyrrole nitrogens is 1. The van der Waals surface area contributed by atoms with Gasteiger partial charge in [0.25, 0.3) is 23.6 Å². The third-order valence-electron chi connectivity index (χ3n) is 14.6. The Morgan fingerprint density at radius 2 is 0.857 bits per heavy atom. The lowest BCUT2D eigenvalue weighted by Gasteiger charge is -2.22. The van der Waals surface area contributed by atoms with Crippen LogP contribution in [0.25, 0.3) is 10.9 Å². The molecule has 98 heavy (non-hydrogen) atoms. The zero-order chi connectivity index (χ0) is 71.6. The molecule has 6 aromatic rings. The monoisotopic (exact) mass is 1360 g/mol. The number of carbonyl (C=O) groups is 12. The van der Waals surface area contributed by atoms with Gasteiger partial charge in [-0.3, -0.25) is 48.6 Å². The van der Waals surface area contributed by atoms with Crippen LogP contribution in [0.4, 0.5) is 32.3 Å². The molecule has 5 aromatic carbocycles. The summed E-state index contributed by atoms with van der Waals surface area (Å²) in [6.45, 7) is 0.322. The number of aliphatic carboxylic acids is 1. The van der Waals surface area contributed by atoms with Crippen LogP contribution in [0.15, 0.2) is 103 Å². The van der Waals surface area contributed by atoms with Gasteiger partial charge < -0.3 is 110 Å². The van der Waals surface area contributed by atoms with Gasteiger partial charge in [-0.25, -0.2) is 14.4 Å². The second-order valence-corrected chi connectivity index (χ2v) is 21.7. The number of rotatable bonds is 36. The molecule has 1 aromatic heterocycles. The number of guanidine groups is 1. The first-order valence-corrected chi connectivity index (χ1v) is 30.2. The number of nitrogens with two attached hydrogens (primary N) is 4. The zero-order valence-corrected chi connectivity index (χ0v) is 53.7. The number of hydrogen-bond donors (Lipinski definition) is 18. The van der Waals surface area contributed by atoms with Gasteiger partial charge in [0, 0.05) is 72.8 Å². The Bertz CT molecular complexity index is 3970. The van der Waals surface area contributed by atoms with Crippen LogP contribution in [-0.4, -0.2) is 159 Å². The number of amides is 13. The lowest BCUT2D eigenvalue weighted by molar-refractivity contribution is -0.139. The fourth-order valence-electron chi connectivity index (χ4n) is 9.89. The summed E-state index contributed by atoms with van der Waals surface area (Å²) in [5, 5.41) is 46.4. The van der Waals surface area contributed by atoms with E-state index in [1.165, 1.54) is 88.9 Å². The number of para-hydroxylation sites is 1. The van der Waals surface area contributed by atoms with Crippen LogP contribution in [0.5, 0.6) is 23.0 Å². The normalized spacial score (nSPS) is 11.9. The van der Waals surface area contributed by atoms with Gasteiger partial charge >= 0.3 is 18.0 Å². The number of ether oxygens (including phenoxy) is 4. The molecule has 0 radical (unpaired) electrons. The zero-order valence-electron chi connectivity index (χ0n) is 53.7. The Kier molecular flexibility index (Phi) is 27.4. The highest BCUT2D eigenvalue weighted by atomic mass is 16.5. The largest absolute Gasteiger partial charge is 0.496 e. The van der Waals surface area contributed by atoms with Gasteiger partial charge in [-0.15, -0.1) is 0 Å². The molecule has 0 aliphatic carbocycles. The summed E-state index contributed by atoms with van der Waals surface area (Å²) in [6, 6.07) is 15.9. The minimum atomic E-state index is -1.48. The molecule has 4 atom stereocenters. The SMILES string of the molecule is COc1ccc(NC(=O)C(CCCNC(N)=O)NC(=O)c2cc(NC(=O)C(CCCNC(N)=O)NC(=O)c3cc(NC(=O)C(CCCNC(=N)N)NC(=O)c4cc(NC(C)=O)ccc4OC)ccc3OC)ccc2OCC(=O)O)cc1C(=O)NC(Cc1c[nH]c2ccccc12)C(N)=O. The number of anilines is 4. The summed E-state index contributed by atoms with van der Waals surface area (Å²) >= 11 is 0. The maximum atomic E-state index is 14.5. The number of benzene rings is 5. The third-order valence-corrected chi connectivity index (χ3v) is 14.6. The van der Waals surface area contributed by atoms with E-state index < -0.39 is 108 Å². The molecule has 0 spiro atoms. The molecule has 0 bridgehead atoms. The number of carboxylic acid groups (broad SMARTS) is 1. The van der Waals surface area contributed by atoms with Crippen molar-refractivity contribution in [2.24, 2.45) is 22.9 Å². The maximum absolute atomic E-state index is 14.5. The van der Waals surface area contributed by atoms with E-state index in [-0.39, 0.29) is 133 Å². The molecule has 0 fully saturated rings. The number of urea groups is 2. The number of carboxylic acids is 1. The molecule has 0 aliphatic heterocycles. The van der Waals surface area contributed by atoms with E-state index in [1.54, 1.807) is 6.20 Å². The van der Waals surface area contributed by atoms with E-state index in [9.17, 15) is 62.6 Å². The topological polar surface area (TPSA) is 538 Å². The van der Waals surface area contributed by atoms with Crippen molar-refractivity contribution in [2.45, 2.75) is 76.0 Å². The average molecular weight is 1360 g/mol. The van der Waals surface area contributed by atoms with Crippen molar-refractivity contribution in [3.05, 3.63) is 131 Å². The second-order valence-electron chi connectivity index (χ2n) is 21.7.